The molecule has 1 aromatic carbocycles. The van der Waals surface area contributed by atoms with Gasteiger partial charge in [0.25, 0.3) is 0 Å². The van der Waals surface area contributed by atoms with E-state index >= 15 is 0 Å². The van der Waals surface area contributed by atoms with E-state index in [9.17, 15) is 18.3 Å². The first kappa shape index (κ1) is 12.8. The van der Waals surface area contributed by atoms with Crippen molar-refractivity contribution in [2.45, 2.75) is 12.3 Å². The van der Waals surface area contributed by atoms with Crippen molar-refractivity contribution in [3.8, 4) is 0 Å². The van der Waals surface area contributed by atoms with Gasteiger partial charge in [0, 0.05) is 4.47 Å². The number of hydrogen-bond donors (Lipinski definition) is 1. The standard InChI is InChI=1S/C9H7BrClF3O/c10-5-1-2-6(8(15)4-11)7(3-5)9(12,13)14/h1-3,8,15H,4H2. The quantitative estimate of drug-likeness (QED) is 0.825. The van der Waals surface area contributed by atoms with Gasteiger partial charge in [-0.1, -0.05) is 22.0 Å². The summed E-state index contributed by atoms with van der Waals surface area (Å²) in [5.41, 5.74) is -1.08. The zero-order valence-electron chi connectivity index (χ0n) is 7.35. The normalized spacial score (nSPS) is 14.0. The molecule has 0 radical (unpaired) electrons. The van der Waals surface area contributed by atoms with Gasteiger partial charge in [0.2, 0.25) is 0 Å². The van der Waals surface area contributed by atoms with Crippen molar-refractivity contribution in [3.05, 3.63) is 33.8 Å². The Balaban J connectivity index is 3.27. The highest BCUT2D eigenvalue weighted by atomic mass is 79.9. The fraction of sp³-hybridized carbons (Fsp3) is 0.333. The van der Waals surface area contributed by atoms with Crippen LogP contribution in [0.5, 0.6) is 0 Å². The van der Waals surface area contributed by atoms with Crippen LogP contribution in [-0.2, 0) is 6.18 Å². The van der Waals surface area contributed by atoms with Crippen molar-refractivity contribution in [1.29, 1.82) is 0 Å². The van der Waals surface area contributed by atoms with Crippen molar-refractivity contribution in [2.24, 2.45) is 0 Å². The second kappa shape index (κ2) is 4.72. The molecule has 1 aromatic rings. The summed E-state index contributed by atoms with van der Waals surface area (Å²) in [4.78, 5) is 0. The first-order valence-corrected chi connectivity index (χ1v) is 5.29. The van der Waals surface area contributed by atoms with Crippen LogP contribution in [0.25, 0.3) is 0 Å². The van der Waals surface area contributed by atoms with E-state index in [1.54, 1.807) is 0 Å². The number of halogens is 5. The summed E-state index contributed by atoms with van der Waals surface area (Å²) in [7, 11) is 0. The van der Waals surface area contributed by atoms with Gasteiger partial charge in [-0.2, -0.15) is 13.2 Å². The largest absolute Gasteiger partial charge is 0.416 e. The van der Waals surface area contributed by atoms with Gasteiger partial charge in [-0.25, -0.2) is 0 Å². The molecule has 0 spiro atoms. The third-order valence-electron chi connectivity index (χ3n) is 1.83. The SMILES string of the molecule is OC(CCl)c1ccc(Br)cc1C(F)(F)F. The molecule has 1 nitrogen and oxygen atoms in total. The van der Waals surface area contributed by atoms with E-state index in [1.807, 2.05) is 0 Å². The van der Waals surface area contributed by atoms with E-state index in [2.05, 4.69) is 15.9 Å². The lowest BCUT2D eigenvalue weighted by molar-refractivity contribution is -0.139. The third-order valence-corrected chi connectivity index (χ3v) is 2.61. The summed E-state index contributed by atoms with van der Waals surface area (Å²) in [5.74, 6) is -0.273. The first-order valence-electron chi connectivity index (χ1n) is 3.97. The molecule has 0 bridgehead atoms. The van der Waals surface area contributed by atoms with E-state index in [0.717, 1.165) is 6.07 Å². The van der Waals surface area contributed by atoms with Crippen molar-refractivity contribution in [1.82, 2.24) is 0 Å². The van der Waals surface area contributed by atoms with Crippen LogP contribution in [0.1, 0.15) is 17.2 Å². The Morgan fingerprint density at radius 3 is 2.47 bits per heavy atom. The molecule has 1 N–H and O–H groups in total. The highest BCUT2D eigenvalue weighted by Gasteiger charge is 2.34. The zero-order chi connectivity index (χ0) is 11.6. The Morgan fingerprint density at radius 2 is 2.00 bits per heavy atom. The van der Waals surface area contributed by atoms with Crippen LogP contribution in [0.3, 0.4) is 0 Å². The number of benzene rings is 1. The lowest BCUT2D eigenvalue weighted by Gasteiger charge is -2.16. The molecular formula is C9H7BrClF3O. The van der Waals surface area contributed by atoms with Crippen LogP contribution in [-0.4, -0.2) is 11.0 Å². The van der Waals surface area contributed by atoms with Crippen molar-refractivity contribution >= 4 is 27.5 Å². The number of aliphatic hydroxyl groups is 1. The highest BCUT2D eigenvalue weighted by molar-refractivity contribution is 9.10. The maximum atomic E-state index is 12.6. The van der Waals surface area contributed by atoms with Crippen molar-refractivity contribution < 1.29 is 18.3 Å². The minimum atomic E-state index is -4.49. The summed E-state index contributed by atoms with van der Waals surface area (Å²) in [6, 6.07) is 3.56. The number of aliphatic hydroxyl groups excluding tert-OH is 1. The van der Waals surface area contributed by atoms with Crippen LogP contribution >= 0.6 is 27.5 Å². The minimum Gasteiger partial charge on any atom is -0.387 e. The Morgan fingerprint density at radius 1 is 1.40 bits per heavy atom. The minimum absolute atomic E-state index is 0.208. The van der Waals surface area contributed by atoms with Gasteiger partial charge in [0.05, 0.1) is 17.5 Å². The van der Waals surface area contributed by atoms with Crippen LogP contribution < -0.4 is 0 Å². The highest BCUT2D eigenvalue weighted by Crippen LogP contribution is 2.36. The average Bonchev–Trinajstić information content (AvgIpc) is 2.15. The second-order valence-electron chi connectivity index (χ2n) is 2.90. The van der Waals surface area contributed by atoms with E-state index in [-0.39, 0.29) is 11.4 Å². The maximum absolute atomic E-state index is 12.6. The molecule has 0 saturated heterocycles. The summed E-state index contributed by atoms with van der Waals surface area (Å²) in [5, 5.41) is 9.32. The Bertz CT molecular complexity index is 354. The third kappa shape index (κ3) is 3.09. The number of rotatable bonds is 2. The van der Waals surface area contributed by atoms with Gasteiger partial charge in [-0.05, 0) is 17.7 Å². The summed E-state index contributed by atoms with van der Waals surface area (Å²) < 4.78 is 38.0. The molecule has 0 aliphatic heterocycles. The van der Waals surface area contributed by atoms with Gasteiger partial charge < -0.3 is 5.11 Å². The molecule has 0 aliphatic carbocycles. The zero-order valence-corrected chi connectivity index (χ0v) is 9.70. The second-order valence-corrected chi connectivity index (χ2v) is 4.12. The fourth-order valence-electron chi connectivity index (χ4n) is 1.15. The molecule has 84 valence electrons. The summed E-state index contributed by atoms with van der Waals surface area (Å²) >= 11 is 8.26. The molecule has 0 aliphatic rings. The molecule has 1 atom stereocenters. The van der Waals surface area contributed by atoms with Crippen molar-refractivity contribution in [2.75, 3.05) is 5.88 Å². The van der Waals surface area contributed by atoms with Crippen LogP contribution in [0.2, 0.25) is 0 Å². The molecule has 15 heavy (non-hydrogen) atoms. The Kier molecular flexibility index (Phi) is 4.03. The van der Waals surface area contributed by atoms with Crippen LogP contribution in [0, 0.1) is 0 Å². The molecule has 1 rings (SSSR count). The molecule has 1 unspecified atom stereocenters. The predicted molar refractivity (Wildman–Crippen MR) is 54.8 cm³/mol. The van der Waals surface area contributed by atoms with Crippen LogP contribution in [0.15, 0.2) is 22.7 Å². The van der Waals surface area contributed by atoms with Gasteiger partial charge in [0.1, 0.15) is 0 Å². The Labute approximate surface area is 98.0 Å². The molecular weight excluding hydrogens is 296 g/mol. The predicted octanol–water partition coefficient (Wildman–Crippen LogP) is 3.74. The molecule has 0 amide bonds. The first-order chi connectivity index (χ1) is 6.86. The maximum Gasteiger partial charge on any atom is 0.416 e. The average molecular weight is 304 g/mol. The smallest absolute Gasteiger partial charge is 0.387 e. The van der Waals surface area contributed by atoms with E-state index in [1.165, 1.54) is 12.1 Å². The van der Waals surface area contributed by atoms with Gasteiger partial charge >= 0.3 is 6.18 Å². The van der Waals surface area contributed by atoms with Gasteiger partial charge in [-0.15, -0.1) is 11.6 Å². The molecule has 0 aromatic heterocycles. The number of hydrogen-bond acceptors (Lipinski definition) is 1. The molecule has 0 heterocycles. The molecule has 0 saturated carbocycles. The summed E-state index contributed by atoms with van der Waals surface area (Å²) in [6.45, 7) is 0. The van der Waals surface area contributed by atoms with E-state index in [4.69, 9.17) is 11.6 Å². The van der Waals surface area contributed by atoms with Gasteiger partial charge in [0.15, 0.2) is 0 Å². The molecule has 6 heteroatoms. The lowest BCUT2D eigenvalue weighted by Crippen LogP contribution is -2.12. The topological polar surface area (TPSA) is 20.2 Å². The summed E-state index contributed by atoms with van der Waals surface area (Å²) in [6.07, 6.45) is -5.80. The Hall–Kier alpha value is -0.260. The molecule has 0 fully saturated rings. The lowest BCUT2D eigenvalue weighted by atomic mass is 10.0. The van der Waals surface area contributed by atoms with E-state index in [0.29, 0.717) is 4.47 Å². The van der Waals surface area contributed by atoms with E-state index < -0.39 is 17.8 Å². The van der Waals surface area contributed by atoms with Crippen molar-refractivity contribution in [3.63, 3.8) is 0 Å². The van der Waals surface area contributed by atoms with Crippen LogP contribution in [0.4, 0.5) is 13.2 Å². The number of alkyl halides is 4. The van der Waals surface area contributed by atoms with Gasteiger partial charge in [-0.3, -0.25) is 0 Å². The fourth-order valence-corrected chi connectivity index (χ4v) is 1.68. The monoisotopic (exact) mass is 302 g/mol.